The molecule has 0 amide bonds. The highest BCUT2D eigenvalue weighted by atomic mass is 16.3. The first-order valence-electron chi connectivity index (χ1n) is 6.37. The lowest BCUT2D eigenvalue weighted by Gasteiger charge is -2.21. The van der Waals surface area contributed by atoms with E-state index in [1.54, 1.807) is 0 Å². The summed E-state index contributed by atoms with van der Waals surface area (Å²) in [6.07, 6.45) is 1.82. The zero-order chi connectivity index (χ0) is 12.5. The Balaban J connectivity index is 2.39. The van der Waals surface area contributed by atoms with Gasteiger partial charge in [-0.2, -0.15) is 0 Å². The van der Waals surface area contributed by atoms with Crippen LogP contribution in [-0.4, -0.2) is 30.8 Å². The van der Waals surface area contributed by atoms with Crippen LogP contribution in [0.3, 0.4) is 0 Å². The molecule has 0 aliphatic carbocycles. The van der Waals surface area contributed by atoms with Crippen molar-refractivity contribution < 1.29 is 5.11 Å². The molecule has 0 bridgehead atoms. The fourth-order valence-electron chi connectivity index (χ4n) is 1.99. The van der Waals surface area contributed by atoms with Crippen LogP contribution in [0.25, 0.3) is 0 Å². The minimum atomic E-state index is 0.235. The van der Waals surface area contributed by atoms with Gasteiger partial charge in [0.05, 0.1) is 0 Å². The summed E-state index contributed by atoms with van der Waals surface area (Å²) in [5.41, 5.74) is 7.11. The Labute approximate surface area is 104 Å². The van der Waals surface area contributed by atoms with E-state index in [1.165, 1.54) is 5.56 Å². The molecule has 0 saturated carbocycles. The molecule has 1 aromatic carbocycles. The highest BCUT2D eigenvalue weighted by molar-refractivity contribution is 5.18. The molecule has 3 nitrogen and oxygen atoms in total. The summed E-state index contributed by atoms with van der Waals surface area (Å²) in [7, 11) is 0. The molecule has 4 N–H and O–H groups in total. The number of hydrogen-bond acceptors (Lipinski definition) is 3. The van der Waals surface area contributed by atoms with Gasteiger partial charge in [-0.1, -0.05) is 37.3 Å². The molecule has 0 aliphatic heterocycles. The SMILES string of the molecule is CC(CC(CN)NCCCO)c1ccccc1. The Morgan fingerprint density at radius 2 is 2.00 bits per heavy atom. The Bertz CT molecular complexity index is 290. The molecular weight excluding hydrogens is 212 g/mol. The van der Waals surface area contributed by atoms with Crippen molar-refractivity contribution in [3.8, 4) is 0 Å². The number of nitrogens with one attached hydrogen (secondary N) is 1. The standard InChI is InChI=1S/C14H24N2O/c1-12(13-6-3-2-4-7-13)10-14(11-15)16-8-5-9-17/h2-4,6-7,12,14,16-17H,5,8-11,15H2,1H3. The van der Waals surface area contributed by atoms with E-state index in [9.17, 15) is 0 Å². The lowest BCUT2D eigenvalue weighted by molar-refractivity contribution is 0.282. The van der Waals surface area contributed by atoms with Gasteiger partial charge in [0, 0.05) is 19.2 Å². The fourth-order valence-corrected chi connectivity index (χ4v) is 1.99. The molecule has 0 saturated heterocycles. The van der Waals surface area contributed by atoms with E-state index < -0.39 is 0 Å². The highest BCUT2D eigenvalue weighted by Gasteiger charge is 2.12. The second-order valence-electron chi connectivity index (χ2n) is 4.51. The number of rotatable bonds is 8. The molecule has 0 aliphatic rings. The van der Waals surface area contributed by atoms with Crippen molar-refractivity contribution in [2.24, 2.45) is 5.73 Å². The number of aliphatic hydroxyl groups is 1. The van der Waals surface area contributed by atoms with Gasteiger partial charge in [0.25, 0.3) is 0 Å². The van der Waals surface area contributed by atoms with Crippen LogP contribution in [0.2, 0.25) is 0 Å². The normalized spacial score (nSPS) is 14.5. The third-order valence-corrected chi connectivity index (χ3v) is 3.06. The number of benzene rings is 1. The summed E-state index contributed by atoms with van der Waals surface area (Å²) >= 11 is 0. The van der Waals surface area contributed by atoms with Crippen LogP contribution in [-0.2, 0) is 0 Å². The zero-order valence-corrected chi connectivity index (χ0v) is 10.6. The molecule has 3 heteroatoms. The summed E-state index contributed by atoms with van der Waals surface area (Å²) in [4.78, 5) is 0. The van der Waals surface area contributed by atoms with Crippen LogP contribution in [0.15, 0.2) is 30.3 Å². The molecule has 0 heterocycles. The molecule has 1 aromatic rings. The van der Waals surface area contributed by atoms with Gasteiger partial charge in [-0.05, 0) is 30.9 Å². The molecule has 2 atom stereocenters. The second-order valence-corrected chi connectivity index (χ2v) is 4.51. The highest BCUT2D eigenvalue weighted by Crippen LogP contribution is 2.19. The van der Waals surface area contributed by atoms with Gasteiger partial charge in [-0.25, -0.2) is 0 Å². The smallest absolute Gasteiger partial charge is 0.0443 e. The average Bonchev–Trinajstić information content (AvgIpc) is 2.38. The van der Waals surface area contributed by atoms with Crippen LogP contribution in [0, 0.1) is 0 Å². The van der Waals surface area contributed by atoms with E-state index in [2.05, 4.69) is 36.5 Å². The average molecular weight is 236 g/mol. The van der Waals surface area contributed by atoms with Gasteiger partial charge in [0.2, 0.25) is 0 Å². The molecule has 0 radical (unpaired) electrons. The minimum absolute atomic E-state index is 0.235. The Kier molecular flexibility index (Phi) is 6.86. The van der Waals surface area contributed by atoms with Crippen LogP contribution < -0.4 is 11.1 Å². The zero-order valence-electron chi connectivity index (χ0n) is 10.6. The van der Waals surface area contributed by atoms with Crippen molar-refractivity contribution in [3.05, 3.63) is 35.9 Å². The van der Waals surface area contributed by atoms with E-state index in [0.29, 0.717) is 18.5 Å². The first kappa shape index (κ1) is 14.2. The Morgan fingerprint density at radius 1 is 1.29 bits per heavy atom. The van der Waals surface area contributed by atoms with E-state index >= 15 is 0 Å². The third-order valence-electron chi connectivity index (χ3n) is 3.06. The largest absolute Gasteiger partial charge is 0.396 e. The molecule has 1 rings (SSSR count). The van der Waals surface area contributed by atoms with Gasteiger partial charge in [-0.15, -0.1) is 0 Å². The van der Waals surface area contributed by atoms with Gasteiger partial charge >= 0.3 is 0 Å². The topological polar surface area (TPSA) is 58.3 Å². The summed E-state index contributed by atoms with van der Waals surface area (Å²) in [6.45, 7) is 3.94. The molecule has 2 unspecified atom stereocenters. The van der Waals surface area contributed by atoms with Crippen LogP contribution >= 0.6 is 0 Å². The quantitative estimate of drug-likeness (QED) is 0.599. The van der Waals surface area contributed by atoms with Crippen molar-refractivity contribution in [1.82, 2.24) is 5.32 Å². The maximum absolute atomic E-state index is 8.74. The number of aliphatic hydroxyl groups excluding tert-OH is 1. The summed E-state index contributed by atoms with van der Waals surface area (Å²) in [5, 5.41) is 12.1. The molecule has 17 heavy (non-hydrogen) atoms. The van der Waals surface area contributed by atoms with Crippen LogP contribution in [0.4, 0.5) is 0 Å². The molecular formula is C14H24N2O. The van der Waals surface area contributed by atoms with Gasteiger partial charge in [0.1, 0.15) is 0 Å². The first-order valence-corrected chi connectivity index (χ1v) is 6.37. The third kappa shape index (κ3) is 5.31. The van der Waals surface area contributed by atoms with Crippen molar-refractivity contribution in [3.63, 3.8) is 0 Å². The number of nitrogens with two attached hydrogens (primary N) is 1. The van der Waals surface area contributed by atoms with Crippen LogP contribution in [0.5, 0.6) is 0 Å². The van der Waals surface area contributed by atoms with Gasteiger partial charge in [0.15, 0.2) is 0 Å². The lowest BCUT2D eigenvalue weighted by Crippen LogP contribution is -2.37. The lowest BCUT2D eigenvalue weighted by atomic mass is 9.94. The van der Waals surface area contributed by atoms with E-state index in [4.69, 9.17) is 10.8 Å². The Hall–Kier alpha value is -0.900. The van der Waals surface area contributed by atoms with Crippen molar-refractivity contribution in [2.75, 3.05) is 19.7 Å². The first-order chi connectivity index (χ1) is 8.27. The Morgan fingerprint density at radius 3 is 2.59 bits per heavy atom. The fraction of sp³-hybridized carbons (Fsp3) is 0.571. The number of hydrogen-bond donors (Lipinski definition) is 3. The summed E-state index contributed by atoms with van der Waals surface area (Å²) in [5.74, 6) is 0.506. The second kappa shape index (κ2) is 8.23. The molecule has 0 spiro atoms. The van der Waals surface area contributed by atoms with Crippen molar-refractivity contribution >= 4 is 0 Å². The van der Waals surface area contributed by atoms with E-state index in [-0.39, 0.29) is 6.61 Å². The molecule has 0 fully saturated rings. The van der Waals surface area contributed by atoms with E-state index in [1.807, 2.05) is 6.07 Å². The summed E-state index contributed by atoms with van der Waals surface area (Å²) < 4.78 is 0. The molecule has 96 valence electrons. The van der Waals surface area contributed by atoms with Gasteiger partial charge < -0.3 is 16.2 Å². The monoisotopic (exact) mass is 236 g/mol. The minimum Gasteiger partial charge on any atom is -0.396 e. The summed E-state index contributed by atoms with van der Waals surface area (Å²) in [6, 6.07) is 10.8. The van der Waals surface area contributed by atoms with E-state index in [0.717, 1.165) is 19.4 Å². The molecule has 0 aromatic heterocycles. The van der Waals surface area contributed by atoms with Crippen LogP contribution in [0.1, 0.15) is 31.2 Å². The maximum atomic E-state index is 8.74. The maximum Gasteiger partial charge on any atom is 0.0443 e. The van der Waals surface area contributed by atoms with Crippen molar-refractivity contribution in [1.29, 1.82) is 0 Å². The van der Waals surface area contributed by atoms with Crippen molar-refractivity contribution in [2.45, 2.75) is 31.7 Å². The van der Waals surface area contributed by atoms with Gasteiger partial charge in [-0.3, -0.25) is 0 Å². The predicted molar refractivity (Wildman–Crippen MR) is 72.0 cm³/mol. The predicted octanol–water partition coefficient (Wildman–Crippen LogP) is 1.48.